The van der Waals surface area contributed by atoms with Crippen LogP contribution in [0.2, 0.25) is 0 Å². The largest absolute Gasteiger partial charge is 0.308 e. The van der Waals surface area contributed by atoms with E-state index in [9.17, 15) is 0 Å². The molecule has 0 N–H and O–H groups in total. The number of imidazole rings is 1. The number of aromatic nitrogens is 2. The van der Waals surface area contributed by atoms with Gasteiger partial charge in [0.25, 0.3) is 0 Å². The van der Waals surface area contributed by atoms with Crippen molar-refractivity contribution in [2.45, 2.75) is 27.7 Å². The van der Waals surface area contributed by atoms with Crippen LogP contribution in [0.3, 0.4) is 0 Å². The topological polar surface area (TPSA) is 17.8 Å². The summed E-state index contributed by atoms with van der Waals surface area (Å²) in [6.07, 6.45) is 10.1. The second kappa shape index (κ2) is 4.80. The van der Waals surface area contributed by atoms with Gasteiger partial charge in [-0.25, -0.2) is 4.98 Å². The summed E-state index contributed by atoms with van der Waals surface area (Å²) < 4.78 is 2.13. The molecule has 1 heterocycles. The van der Waals surface area contributed by atoms with Crippen LogP contribution in [-0.2, 0) is 0 Å². The summed E-state index contributed by atoms with van der Waals surface area (Å²) >= 11 is 0. The first kappa shape index (κ1) is 10.8. The molecular weight excluding hydrogens is 172 g/mol. The molecule has 0 aliphatic rings. The fraction of sp³-hybridized carbons (Fsp3) is 0.417. The molecule has 0 amide bonds. The third-order valence-electron chi connectivity index (χ3n) is 2.15. The van der Waals surface area contributed by atoms with Crippen molar-refractivity contribution in [1.29, 1.82) is 0 Å². The molecule has 0 aromatic carbocycles. The molecular formula is C12H18N2. The normalized spacial score (nSPS) is 13.1. The van der Waals surface area contributed by atoms with E-state index in [2.05, 4.69) is 35.6 Å². The summed E-state index contributed by atoms with van der Waals surface area (Å²) in [6, 6.07) is 0. The highest BCUT2D eigenvalue weighted by Crippen LogP contribution is 2.17. The Labute approximate surface area is 86.0 Å². The minimum absolute atomic E-state index is 0.499. The van der Waals surface area contributed by atoms with Gasteiger partial charge in [-0.05, 0) is 25.8 Å². The van der Waals surface area contributed by atoms with Crippen LogP contribution in [0.1, 0.15) is 26.6 Å². The first-order valence-corrected chi connectivity index (χ1v) is 5.00. The highest BCUT2D eigenvalue weighted by atomic mass is 15.1. The first-order valence-electron chi connectivity index (χ1n) is 5.00. The molecule has 0 aliphatic carbocycles. The van der Waals surface area contributed by atoms with E-state index < -0.39 is 0 Å². The molecule has 14 heavy (non-hydrogen) atoms. The van der Waals surface area contributed by atoms with Crippen LogP contribution in [-0.4, -0.2) is 9.55 Å². The van der Waals surface area contributed by atoms with Crippen LogP contribution in [0.5, 0.6) is 0 Å². The van der Waals surface area contributed by atoms with Crippen molar-refractivity contribution in [2.24, 2.45) is 5.92 Å². The zero-order valence-electron chi connectivity index (χ0n) is 9.36. The van der Waals surface area contributed by atoms with Gasteiger partial charge in [0.1, 0.15) is 5.82 Å². The van der Waals surface area contributed by atoms with Gasteiger partial charge in [-0.15, -0.1) is 0 Å². The Morgan fingerprint density at radius 3 is 2.64 bits per heavy atom. The highest BCUT2D eigenvalue weighted by molar-refractivity contribution is 5.50. The van der Waals surface area contributed by atoms with Gasteiger partial charge in [0.05, 0.1) is 0 Å². The molecule has 0 atom stereocenters. The molecule has 0 fully saturated rings. The third-order valence-corrected chi connectivity index (χ3v) is 2.15. The number of rotatable bonds is 3. The second-order valence-corrected chi connectivity index (χ2v) is 3.62. The number of aryl methyl sites for hydroxylation is 1. The number of allylic oxidation sites excluding steroid dienone is 4. The molecule has 1 rings (SSSR count). The summed E-state index contributed by atoms with van der Waals surface area (Å²) in [6.45, 7) is 8.42. The van der Waals surface area contributed by atoms with Crippen molar-refractivity contribution < 1.29 is 0 Å². The van der Waals surface area contributed by atoms with Crippen molar-refractivity contribution in [3.63, 3.8) is 0 Å². The summed E-state index contributed by atoms with van der Waals surface area (Å²) in [7, 11) is 0. The van der Waals surface area contributed by atoms with Crippen LogP contribution in [0.4, 0.5) is 0 Å². The van der Waals surface area contributed by atoms with Crippen LogP contribution < -0.4 is 0 Å². The quantitative estimate of drug-likeness (QED) is 0.669. The fourth-order valence-corrected chi connectivity index (χ4v) is 1.40. The van der Waals surface area contributed by atoms with Gasteiger partial charge >= 0.3 is 0 Å². The highest BCUT2D eigenvalue weighted by Gasteiger charge is 2.06. The predicted molar refractivity (Wildman–Crippen MR) is 60.9 cm³/mol. The lowest BCUT2D eigenvalue weighted by molar-refractivity contribution is 0.778. The van der Waals surface area contributed by atoms with Crippen molar-refractivity contribution in [3.05, 3.63) is 36.4 Å². The summed E-state index contributed by atoms with van der Waals surface area (Å²) in [5, 5.41) is 0. The van der Waals surface area contributed by atoms with Gasteiger partial charge < -0.3 is 4.57 Å². The summed E-state index contributed by atoms with van der Waals surface area (Å²) in [5.41, 5.74) is 1.28. The molecule has 0 saturated carbocycles. The molecule has 0 unspecified atom stereocenters. The van der Waals surface area contributed by atoms with E-state index in [1.165, 1.54) is 5.70 Å². The summed E-state index contributed by atoms with van der Waals surface area (Å²) in [4.78, 5) is 4.23. The zero-order valence-corrected chi connectivity index (χ0v) is 9.36. The SMILES string of the molecule is C/C=C\C=C(\C(C)C)n1ccnc1C. The van der Waals surface area contributed by atoms with Crippen LogP contribution in [0.25, 0.3) is 5.70 Å². The van der Waals surface area contributed by atoms with Gasteiger partial charge in [-0.3, -0.25) is 0 Å². The Morgan fingerprint density at radius 1 is 1.50 bits per heavy atom. The molecule has 2 heteroatoms. The molecule has 1 aromatic heterocycles. The lowest BCUT2D eigenvalue weighted by Crippen LogP contribution is -2.04. The number of nitrogens with zero attached hydrogens (tertiary/aromatic N) is 2. The molecule has 0 spiro atoms. The number of hydrogen-bond donors (Lipinski definition) is 0. The van der Waals surface area contributed by atoms with E-state index in [0.717, 1.165) is 5.82 Å². The van der Waals surface area contributed by atoms with Gasteiger partial charge in [0.2, 0.25) is 0 Å². The van der Waals surface area contributed by atoms with Crippen molar-refractivity contribution >= 4 is 5.70 Å². The Bertz CT molecular complexity index is 343. The first-order chi connectivity index (χ1) is 6.66. The van der Waals surface area contributed by atoms with E-state index in [1.54, 1.807) is 0 Å². The van der Waals surface area contributed by atoms with Crippen molar-refractivity contribution in [3.8, 4) is 0 Å². The fourth-order valence-electron chi connectivity index (χ4n) is 1.40. The van der Waals surface area contributed by atoms with Crippen LogP contribution >= 0.6 is 0 Å². The molecule has 0 radical (unpaired) electrons. The van der Waals surface area contributed by atoms with E-state index in [4.69, 9.17) is 0 Å². The lowest BCUT2D eigenvalue weighted by atomic mass is 10.1. The summed E-state index contributed by atoms with van der Waals surface area (Å²) in [5.74, 6) is 1.54. The van der Waals surface area contributed by atoms with Crippen LogP contribution in [0.15, 0.2) is 30.6 Å². The smallest absolute Gasteiger partial charge is 0.109 e. The number of hydrogen-bond acceptors (Lipinski definition) is 1. The van der Waals surface area contributed by atoms with Crippen molar-refractivity contribution in [1.82, 2.24) is 9.55 Å². The Kier molecular flexibility index (Phi) is 3.69. The lowest BCUT2D eigenvalue weighted by Gasteiger charge is -2.13. The zero-order chi connectivity index (χ0) is 10.6. The maximum Gasteiger partial charge on any atom is 0.109 e. The van der Waals surface area contributed by atoms with E-state index in [-0.39, 0.29) is 0 Å². The average Bonchev–Trinajstić information content (AvgIpc) is 2.52. The minimum atomic E-state index is 0.499. The van der Waals surface area contributed by atoms with E-state index in [1.807, 2.05) is 32.3 Å². The van der Waals surface area contributed by atoms with Gasteiger partial charge in [0.15, 0.2) is 0 Å². The average molecular weight is 190 g/mol. The monoisotopic (exact) mass is 190 g/mol. The van der Waals surface area contributed by atoms with Gasteiger partial charge in [-0.1, -0.05) is 26.0 Å². The second-order valence-electron chi connectivity index (χ2n) is 3.62. The molecule has 1 aromatic rings. The molecule has 76 valence electrons. The standard InChI is InChI=1S/C12H18N2/c1-5-6-7-12(10(2)3)14-9-8-13-11(14)4/h5-10H,1-4H3/b6-5-,12-7-. The third kappa shape index (κ3) is 2.34. The molecule has 2 nitrogen and oxygen atoms in total. The Hall–Kier alpha value is -1.31. The van der Waals surface area contributed by atoms with Crippen molar-refractivity contribution in [2.75, 3.05) is 0 Å². The van der Waals surface area contributed by atoms with Crippen LogP contribution in [0, 0.1) is 12.8 Å². The molecule has 0 bridgehead atoms. The van der Waals surface area contributed by atoms with E-state index in [0.29, 0.717) is 5.92 Å². The Morgan fingerprint density at radius 2 is 2.21 bits per heavy atom. The molecule has 0 aliphatic heterocycles. The van der Waals surface area contributed by atoms with E-state index >= 15 is 0 Å². The van der Waals surface area contributed by atoms with Gasteiger partial charge in [-0.2, -0.15) is 0 Å². The maximum atomic E-state index is 4.23. The predicted octanol–water partition coefficient (Wildman–Crippen LogP) is 3.26. The van der Waals surface area contributed by atoms with Gasteiger partial charge in [0, 0.05) is 18.1 Å². The minimum Gasteiger partial charge on any atom is -0.308 e. The maximum absolute atomic E-state index is 4.23. The Balaban J connectivity index is 3.07. The molecule has 0 saturated heterocycles.